The molecule has 0 atom stereocenters. The Balaban J connectivity index is 1.76. The quantitative estimate of drug-likeness (QED) is 0.640. The molecule has 2 aromatic rings. The number of nitrogens with one attached hydrogen (secondary N) is 2. The van der Waals surface area contributed by atoms with E-state index in [1.807, 2.05) is 30.3 Å². The van der Waals surface area contributed by atoms with Crippen LogP contribution in [0.2, 0.25) is 0 Å². The minimum atomic E-state index is -0.432. The Morgan fingerprint density at radius 3 is 2.73 bits per heavy atom. The Kier molecular flexibility index (Phi) is 7.56. The van der Waals surface area contributed by atoms with Crippen LogP contribution in [0.25, 0.3) is 0 Å². The van der Waals surface area contributed by atoms with Gasteiger partial charge in [0.05, 0.1) is 6.61 Å². The maximum atomic E-state index is 12.0. The van der Waals surface area contributed by atoms with E-state index in [-0.39, 0.29) is 11.9 Å². The molecule has 9 nitrogen and oxygen atoms in total. The molecule has 3 amide bonds. The molecule has 0 aliphatic heterocycles. The molecular formula is C17H23N5O4. The van der Waals surface area contributed by atoms with Crippen molar-refractivity contribution in [2.45, 2.75) is 13.0 Å². The van der Waals surface area contributed by atoms with E-state index in [2.05, 4.69) is 20.8 Å². The standard InChI is InChI=1S/C17H23N5O4/c1-22(17(24)18-9-11-25-2)10-8-14-20-16(26-21-14)15(23)19-12-13-6-4-3-5-7-13/h3-7H,8-12H2,1-2H3,(H,18,24)(H,19,23). The van der Waals surface area contributed by atoms with Gasteiger partial charge in [0.15, 0.2) is 5.82 Å². The van der Waals surface area contributed by atoms with Gasteiger partial charge in [0.1, 0.15) is 0 Å². The summed E-state index contributed by atoms with van der Waals surface area (Å²) in [5.74, 6) is -0.159. The first-order valence-corrected chi connectivity index (χ1v) is 8.22. The average Bonchev–Trinajstić information content (AvgIpc) is 3.14. The summed E-state index contributed by atoms with van der Waals surface area (Å²) >= 11 is 0. The Hall–Kier alpha value is -2.94. The zero-order valence-corrected chi connectivity index (χ0v) is 14.9. The summed E-state index contributed by atoms with van der Waals surface area (Å²) in [6, 6.07) is 9.30. The van der Waals surface area contributed by atoms with Gasteiger partial charge in [-0.15, -0.1) is 0 Å². The SMILES string of the molecule is COCCNC(=O)N(C)CCc1noc(C(=O)NCc2ccccc2)n1. The van der Waals surface area contributed by atoms with Crippen molar-refractivity contribution < 1.29 is 18.8 Å². The molecule has 1 aromatic heterocycles. The topological polar surface area (TPSA) is 110 Å². The van der Waals surface area contributed by atoms with Crippen molar-refractivity contribution in [3.63, 3.8) is 0 Å². The molecule has 0 unspecified atom stereocenters. The van der Waals surface area contributed by atoms with E-state index in [0.29, 0.717) is 38.5 Å². The minimum absolute atomic E-state index is 0.0943. The number of carbonyl (C=O) groups is 2. The highest BCUT2D eigenvalue weighted by Crippen LogP contribution is 2.02. The van der Waals surface area contributed by atoms with Crippen LogP contribution in [0.15, 0.2) is 34.9 Å². The lowest BCUT2D eigenvalue weighted by Crippen LogP contribution is -2.39. The number of nitrogens with zero attached hydrogens (tertiary/aromatic N) is 3. The third kappa shape index (κ3) is 6.17. The molecular weight excluding hydrogens is 338 g/mol. The third-order valence-electron chi connectivity index (χ3n) is 3.56. The van der Waals surface area contributed by atoms with Gasteiger partial charge in [-0.25, -0.2) is 4.79 Å². The van der Waals surface area contributed by atoms with Crippen molar-refractivity contribution in [2.24, 2.45) is 0 Å². The van der Waals surface area contributed by atoms with Crippen molar-refractivity contribution in [3.05, 3.63) is 47.6 Å². The fourth-order valence-corrected chi connectivity index (χ4v) is 2.07. The van der Waals surface area contributed by atoms with Gasteiger partial charge in [0.2, 0.25) is 0 Å². The van der Waals surface area contributed by atoms with Gasteiger partial charge >= 0.3 is 17.8 Å². The van der Waals surface area contributed by atoms with Gasteiger partial charge in [-0.05, 0) is 5.56 Å². The maximum absolute atomic E-state index is 12.0. The molecule has 0 saturated carbocycles. The van der Waals surface area contributed by atoms with Gasteiger partial charge in [0, 0.05) is 40.2 Å². The van der Waals surface area contributed by atoms with Crippen molar-refractivity contribution in [1.82, 2.24) is 25.7 Å². The number of likely N-dealkylation sites (N-methyl/N-ethyl adjacent to an activating group) is 1. The molecule has 1 aromatic carbocycles. The summed E-state index contributed by atoms with van der Waals surface area (Å²) in [7, 11) is 3.23. The van der Waals surface area contributed by atoms with Crippen LogP contribution >= 0.6 is 0 Å². The second-order valence-corrected chi connectivity index (χ2v) is 5.58. The number of methoxy groups -OCH3 is 1. The minimum Gasteiger partial charge on any atom is -0.383 e. The predicted octanol–water partition coefficient (Wildman–Crippen LogP) is 0.830. The second kappa shape index (κ2) is 10.1. The first-order chi connectivity index (χ1) is 12.6. The molecule has 26 heavy (non-hydrogen) atoms. The smallest absolute Gasteiger partial charge is 0.317 e. The van der Waals surface area contributed by atoms with Crippen LogP contribution in [0.5, 0.6) is 0 Å². The molecule has 1 heterocycles. The summed E-state index contributed by atoms with van der Waals surface area (Å²) in [4.78, 5) is 29.4. The summed E-state index contributed by atoms with van der Waals surface area (Å²) in [5.41, 5.74) is 0.974. The van der Waals surface area contributed by atoms with Crippen molar-refractivity contribution in [2.75, 3.05) is 33.9 Å². The molecule has 2 N–H and O–H groups in total. The molecule has 0 saturated heterocycles. The molecule has 140 valence electrons. The van der Waals surface area contributed by atoms with E-state index in [1.165, 1.54) is 4.90 Å². The molecule has 0 aliphatic rings. The van der Waals surface area contributed by atoms with Crippen LogP contribution < -0.4 is 10.6 Å². The third-order valence-corrected chi connectivity index (χ3v) is 3.56. The summed E-state index contributed by atoms with van der Waals surface area (Å²) in [5, 5.41) is 9.20. The monoisotopic (exact) mass is 361 g/mol. The van der Waals surface area contributed by atoms with Gasteiger partial charge in [-0.3, -0.25) is 4.79 Å². The predicted molar refractivity (Wildman–Crippen MR) is 93.5 cm³/mol. The number of benzene rings is 1. The van der Waals surface area contributed by atoms with Gasteiger partial charge in [-0.2, -0.15) is 4.98 Å². The molecule has 2 rings (SSSR count). The van der Waals surface area contributed by atoms with Crippen LogP contribution in [0, 0.1) is 0 Å². The van der Waals surface area contributed by atoms with E-state index in [0.717, 1.165) is 5.56 Å². The molecule has 0 aliphatic carbocycles. The van der Waals surface area contributed by atoms with E-state index in [4.69, 9.17) is 9.26 Å². The van der Waals surface area contributed by atoms with E-state index >= 15 is 0 Å². The number of aromatic nitrogens is 2. The van der Waals surface area contributed by atoms with Crippen LogP contribution in [0.1, 0.15) is 22.1 Å². The Labute approximate surface area is 151 Å². The number of hydrogen-bond donors (Lipinski definition) is 2. The number of rotatable bonds is 9. The summed E-state index contributed by atoms with van der Waals surface area (Å²) < 4.78 is 9.85. The first-order valence-electron chi connectivity index (χ1n) is 8.22. The Morgan fingerprint density at radius 2 is 2.00 bits per heavy atom. The van der Waals surface area contributed by atoms with Crippen molar-refractivity contribution in [1.29, 1.82) is 0 Å². The number of ether oxygens (including phenoxy) is 1. The van der Waals surface area contributed by atoms with Crippen LogP contribution in [-0.4, -0.2) is 60.8 Å². The highest BCUT2D eigenvalue weighted by atomic mass is 16.5. The zero-order valence-electron chi connectivity index (χ0n) is 14.9. The Bertz CT molecular complexity index is 704. The van der Waals surface area contributed by atoms with Gasteiger partial charge in [-0.1, -0.05) is 35.5 Å². The van der Waals surface area contributed by atoms with Crippen LogP contribution in [0.3, 0.4) is 0 Å². The first kappa shape index (κ1) is 19.4. The molecule has 0 bridgehead atoms. The van der Waals surface area contributed by atoms with Crippen LogP contribution in [0.4, 0.5) is 4.79 Å². The molecule has 0 fully saturated rings. The van der Waals surface area contributed by atoms with E-state index in [1.54, 1.807) is 14.2 Å². The highest BCUT2D eigenvalue weighted by Gasteiger charge is 2.16. The normalized spacial score (nSPS) is 10.4. The highest BCUT2D eigenvalue weighted by molar-refractivity contribution is 5.89. The lowest BCUT2D eigenvalue weighted by molar-refractivity contribution is 0.0907. The summed E-state index contributed by atoms with van der Waals surface area (Å²) in [6.07, 6.45) is 0.379. The molecule has 0 spiro atoms. The van der Waals surface area contributed by atoms with E-state index < -0.39 is 5.91 Å². The molecule has 9 heteroatoms. The number of amides is 3. The fraction of sp³-hybridized carbons (Fsp3) is 0.412. The van der Waals surface area contributed by atoms with Crippen molar-refractivity contribution >= 4 is 11.9 Å². The number of hydrogen-bond acceptors (Lipinski definition) is 6. The fourth-order valence-electron chi connectivity index (χ4n) is 2.07. The lowest BCUT2D eigenvalue weighted by Gasteiger charge is -2.16. The van der Waals surface area contributed by atoms with Crippen LogP contribution in [-0.2, 0) is 17.7 Å². The maximum Gasteiger partial charge on any atom is 0.317 e. The molecule has 0 radical (unpaired) electrons. The van der Waals surface area contributed by atoms with Crippen molar-refractivity contribution in [3.8, 4) is 0 Å². The van der Waals surface area contributed by atoms with Gasteiger partial charge in [0.25, 0.3) is 0 Å². The number of urea groups is 1. The largest absolute Gasteiger partial charge is 0.383 e. The van der Waals surface area contributed by atoms with E-state index in [9.17, 15) is 9.59 Å². The lowest BCUT2D eigenvalue weighted by atomic mass is 10.2. The van der Waals surface area contributed by atoms with Gasteiger partial charge < -0.3 is 24.8 Å². The zero-order chi connectivity index (χ0) is 18.8. The number of carbonyl (C=O) groups excluding carboxylic acids is 2. The second-order valence-electron chi connectivity index (χ2n) is 5.58. The average molecular weight is 361 g/mol. The summed E-state index contributed by atoms with van der Waals surface area (Å²) in [6.45, 7) is 1.66. The Morgan fingerprint density at radius 1 is 1.23 bits per heavy atom.